The van der Waals surface area contributed by atoms with Gasteiger partial charge >= 0.3 is 0 Å². The van der Waals surface area contributed by atoms with Gasteiger partial charge in [-0.25, -0.2) is 0 Å². The third kappa shape index (κ3) is 2.97. The summed E-state index contributed by atoms with van der Waals surface area (Å²) in [5, 5.41) is 9.05. The van der Waals surface area contributed by atoms with Crippen molar-refractivity contribution in [3.05, 3.63) is 109 Å². The molecule has 0 fully saturated rings. The smallest absolute Gasteiger partial charge is 0.0590 e. The van der Waals surface area contributed by atoms with E-state index >= 15 is 0 Å². The molecule has 0 saturated carbocycles. The molecule has 2 aromatic heterocycles. The second kappa shape index (κ2) is 7.45. The summed E-state index contributed by atoms with van der Waals surface area (Å²) in [5.74, 6) is 0. The van der Waals surface area contributed by atoms with Gasteiger partial charge in [0.15, 0.2) is 0 Å². The largest absolute Gasteiger partial charge is 0.354 e. The first-order chi connectivity index (χ1) is 16.4. The lowest BCUT2D eigenvalue weighted by Gasteiger charge is -2.09. The highest BCUT2D eigenvalue weighted by molar-refractivity contribution is 7.27. The molecule has 0 atom stereocenters. The molecule has 156 valence electrons. The maximum atomic E-state index is 3.81. The van der Waals surface area contributed by atoms with Crippen molar-refractivity contribution in [3.63, 3.8) is 0 Å². The maximum Gasteiger partial charge on any atom is 0.0590 e. The Bertz CT molecular complexity index is 1790. The topological polar surface area (TPSA) is 12.0 Å². The van der Waals surface area contributed by atoms with Gasteiger partial charge in [-0.2, -0.15) is 0 Å². The zero-order chi connectivity index (χ0) is 21.8. The molecular formula is C30H19NS2. The van der Waals surface area contributed by atoms with Crippen LogP contribution in [0.15, 0.2) is 109 Å². The van der Waals surface area contributed by atoms with Crippen LogP contribution in [0.2, 0.25) is 0 Å². The molecule has 0 saturated heterocycles. The van der Waals surface area contributed by atoms with Crippen LogP contribution in [0.25, 0.3) is 51.5 Å². The fourth-order valence-corrected chi connectivity index (χ4v) is 7.22. The minimum Gasteiger partial charge on any atom is -0.354 e. The molecule has 2 heterocycles. The Kier molecular flexibility index (Phi) is 4.26. The van der Waals surface area contributed by atoms with Crippen LogP contribution >= 0.6 is 22.7 Å². The number of thiophene rings is 2. The summed E-state index contributed by atoms with van der Waals surface area (Å²) in [6.07, 6.45) is 0. The van der Waals surface area contributed by atoms with E-state index in [9.17, 15) is 0 Å². The number of rotatable bonds is 3. The van der Waals surface area contributed by atoms with E-state index in [1.807, 2.05) is 22.7 Å². The van der Waals surface area contributed by atoms with Crippen molar-refractivity contribution in [2.24, 2.45) is 0 Å². The molecule has 7 aromatic rings. The Morgan fingerprint density at radius 2 is 1.12 bits per heavy atom. The summed E-state index contributed by atoms with van der Waals surface area (Å²) < 4.78 is 5.28. The minimum atomic E-state index is 1.16. The highest BCUT2D eigenvalue weighted by Gasteiger charge is 2.14. The van der Waals surface area contributed by atoms with E-state index < -0.39 is 0 Å². The second-order valence-corrected chi connectivity index (χ2v) is 10.3. The SMILES string of the molecule is c1ccc(-c2cccc3c2sc2c(Nc4cccc5sc6ccccc6c45)cccc23)cc1. The molecule has 1 N–H and O–H groups in total. The van der Waals surface area contributed by atoms with Gasteiger partial charge in [-0.15, -0.1) is 22.7 Å². The Morgan fingerprint density at radius 3 is 2.03 bits per heavy atom. The quantitative estimate of drug-likeness (QED) is 0.278. The van der Waals surface area contributed by atoms with E-state index in [0.29, 0.717) is 0 Å². The van der Waals surface area contributed by atoms with Gasteiger partial charge < -0.3 is 5.32 Å². The highest BCUT2D eigenvalue weighted by Crippen LogP contribution is 2.44. The number of benzene rings is 5. The van der Waals surface area contributed by atoms with Crippen LogP contribution in [-0.2, 0) is 0 Å². The van der Waals surface area contributed by atoms with Gasteiger partial charge in [-0.3, -0.25) is 0 Å². The van der Waals surface area contributed by atoms with Crippen molar-refractivity contribution >= 4 is 74.4 Å². The molecule has 0 spiro atoms. The molecule has 0 unspecified atom stereocenters. The van der Waals surface area contributed by atoms with Gasteiger partial charge in [-0.05, 0) is 35.4 Å². The predicted molar refractivity (Wildman–Crippen MR) is 147 cm³/mol. The zero-order valence-electron chi connectivity index (χ0n) is 17.7. The Balaban J connectivity index is 1.44. The Hall–Kier alpha value is -3.66. The van der Waals surface area contributed by atoms with Gasteiger partial charge in [0.2, 0.25) is 0 Å². The summed E-state index contributed by atoms with van der Waals surface area (Å²) in [6.45, 7) is 0. The lowest BCUT2D eigenvalue weighted by molar-refractivity contribution is 1.65. The minimum absolute atomic E-state index is 1.16. The lowest BCUT2D eigenvalue weighted by atomic mass is 10.0. The van der Waals surface area contributed by atoms with Crippen LogP contribution in [0, 0.1) is 0 Å². The van der Waals surface area contributed by atoms with Gasteiger partial charge in [0.25, 0.3) is 0 Å². The van der Waals surface area contributed by atoms with E-state index in [2.05, 4.69) is 115 Å². The number of hydrogen-bond donors (Lipinski definition) is 1. The summed E-state index contributed by atoms with van der Waals surface area (Å²) in [5.41, 5.74) is 4.89. The molecule has 5 aromatic carbocycles. The number of anilines is 2. The summed E-state index contributed by atoms with van der Waals surface area (Å²) in [6, 6.07) is 39.2. The van der Waals surface area contributed by atoms with Gasteiger partial charge in [0, 0.05) is 41.3 Å². The monoisotopic (exact) mass is 457 g/mol. The van der Waals surface area contributed by atoms with Crippen molar-refractivity contribution in [2.75, 3.05) is 5.32 Å². The van der Waals surface area contributed by atoms with Gasteiger partial charge in [0.1, 0.15) is 0 Å². The second-order valence-electron chi connectivity index (χ2n) is 8.23. The summed E-state index contributed by atoms with van der Waals surface area (Å²) >= 11 is 3.74. The average Bonchev–Trinajstić information content (AvgIpc) is 3.44. The maximum absolute atomic E-state index is 3.81. The predicted octanol–water partition coefficient (Wildman–Crippen LogP) is 9.83. The molecule has 7 rings (SSSR count). The number of fused-ring (bicyclic) bond motifs is 6. The highest BCUT2D eigenvalue weighted by atomic mass is 32.1. The lowest BCUT2D eigenvalue weighted by Crippen LogP contribution is -1.90. The average molecular weight is 458 g/mol. The third-order valence-corrected chi connectivity index (χ3v) is 8.70. The Morgan fingerprint density at radius 1 is 0.455 bits per heavy atom. The van der Waals surface area contributed by atoms with Crippen molar-refractivity contribution in [2.45, 2.75) is 0 Å². The van der Waals surface area contributed by atoms with Crippen molar-refractivity contribution in [1.82, 2.24) is 0 Å². The molecule has 33 heavy (non-hydrogen) atoms. The summed E-state index contributed by atoms with van der Waals surface area (Å²) in [7, 11) is 0. The molecule has 0 amide bonds. The van der Waals surface area contributed by atoms with Crippen molar-refractivity contribution in [1.29, 1.82) is 0 Å². The van der Waals surface area contributed by atoms with E-state index in [0.717, 1.165) is 11.4 Å². The molecular weight excluding hydrogens is 438 g/mol. The van der Waals surface area contributed by atoms with E-state index in [-0.39, 0.29) is 0 Å². The standard InChI is InChI=1S/C30H19NS2/c1-2-9-19(10-3-1)20-12-6-13-21-22-14-7-16-25(30(22)33-29(20)21)31-24-15-8-18-27-28(24)23-11-4-5-17-26(23)32-27/h1-18,31H. The fraction of sp³-hybridized carbons (Fsp3) is 0. The molecule has 0 bridgehead atoms. The molecule has 0 radical (unpaired) electrons. The molecule has 0 aliphatic rings. The van der Waals surface area contributed by atoms with Crippen LogP contribution < -0.4 is 5.32 Å². The Labute approximate surface area is 199 Å². The third-order valence-electron chi connectivity index (χ3n) is 6.28. The number of hydrogen-bond acceptors (Lipinski definition) is 3. The zero-order valence-corrected chi connectivity index (χ0v) is 19.3. The summed E-state index contributed by atoms with van der Waals surface area (Å²) in [4.78, 5) is 0. The van der Waals surface area contributed by atoms with Gasteiger partial charge in [-0.1, -0.05) is 84.9 Å². The molecule has 0 aliphatic carbocycles. The van der Waals surface area contributed by atoms with Crippen molar-refractivity contribution < 1.29 is 0 Å². The normalized spacial score (nSPS) is 11.6. The van der Waals surface area contributed by atoms with Crippen LogP contribution in [0.1, 0.15) is 0 Å². The fourth-order valence-electron chi connectivity index (χ4n) is 4.79. The van der Waals surface area contributed by atoms with Crippen LogP contribution in [0.3, 0.4) is 0 Å². The molecule has 0 aliphatic heterocycles. The van der Waals surface area contributed by atoms with E-state index in [4.69, 9.17) is 0 Å². The van der Waals surface area contributed by atoms with Crippen LogP contribution in [0.4, 0.5) is 11.4 Å². The first-order valence-electron chi connectivity index (χ1n) is 11.0. The van der Waals surface area contributed by atoms with Gasteiger partial charge in [0.05, 0.1) is 10.4 Å². The molecule has 1 nitrogen and oxygen atoms in total. The molecule has 3 heteroatoms. The van der Waals surface area contributed by atoms with E-state index in [1.165, 1.54) is 51.5 Å². The van der Waals surface area contributed by atoms with E-state index in [1.54, 1.807) is 0 Å². The van der Waals surface area contributed by atoms with Crippen LogP contribution in [0.5, 0.6) is 0 Å². The van der Waals surface area contributed by atoms with Crippen LogP contribution in [-0.4, -0.2) is 0 Å². The first kappa shape index (κ1) is 18.9. The first-order valence-corrected chi connectivity index (χ1v) is 12.7. The number of nitrogens with one attached hydrogen (secondary N) is 1. The van der Waals surface area contributed by atoms with Crippen molar-refractivity contribution in [3.8, 4) is 11.1 Å².